The number of aryl methyl sites for hydroxylation is 2. The van der Waals surface area contributed by atoms with Crippen LogP contribution in [0.5, 0.6) is 0 Å². The Bertz CT molecular complexity index is 662. The summed E-state index contributed by atoms with van der Waals surface area (Å²) in [7, 11) is 2.06. The van der Waals surface area contributed by atoms with Gasteiger partial charge >= 0.3 is 0 Å². The lowest BCUT2D eigenvalue weighted by Gasteiger charge is -2.25. The molecule has 0 bridgehead atoms. The van der Waals surface area contributed by atoms with Crippen LogP contribution >= 0.6 is 0 Å². The topological polar surface area (TPSA) is 24.9 Å². The molecule has 0 spiro atoms. The number of rotatable bonds is 2. The third-order valence-corrected chi connectivity index (χ3v) is 5.19. The van der Waals surface area contributed by atoms with Crippen LogP contribution in [0.2, 0.25) is 0 Å². The first-order valence-corrected chi connectivity index (χ1v) is 8.10. The van der Waals surface area contributed by atoms with E-state index in [9.17, 15) is 0 Å². The van der Waals surface area contributed by atoms with Crippen LogP contribution in [0.1, 0.15) is 59.2 Å². The van der Waals surface area contributed by atoms with Crippen LogP contribution in [0.25, 0.3) is 0 Å². The fourth-order valence-electron chi connectivity index (χ4n) is 4.09. The second kappa shape index (κ2) is 5.27. The van der Waals surface area contributed by atoms with Gasteiger partial charge in [0.2, 0.25) is 0 Å². The van der Waals surface area contributed by atoms with E-state index in [2.05, 4.69) is 47.7 Å². The minimum absolute atomic E-state index is 0.494. The lowest BCUT2D eigenvalue weighted by atomic mass is 9.81. The molecule has 0 amide bonds. The molecule has 2 unspecified atom stereocenters. The van der Waals surface area contributed by atoms with Crippen LogP contribution in [-0.4, -0.2) is 12.0 Å². The largest absolute Gasteiger partial charge is 0.313 e. The van der Waals surface area contributed by atoms with Crippen molar-refractivity contribution in [2.75, 3.05) is 7.05 Å². The van der Waals surface area contributed by atoms with Gasteiger partial charge in [-0.1, -0.05) is 24.3 Å². The van der Waals surface area contributed by atoms with Crippen LogP contribution < -0.4 is 5.32 Å². The summed E-state index contributed by atoms with van der Waals surface area (Å²) in [6.45, 7) is 0. The van der Waals surface area contributed by atoms with E-state index >= 15 is 0 Å². The molecule has 108 valence electrons. The van der Waals surface area contributed by atoms with Crippen LogP contribution in [0, 0.1) is 0 Å². The first kappa shape index (κ1) is 13.0. The predicted octanol–water partition coefficient (Wildman–Crippen LogP) is 3.76. The molecular weight excluding hydrogens is 256 g/mol. The van der Waals surface area contributed by atoms with Crippen molar-refractivity contribution in [1.29, 1.82) is 0 Å². The van der Waals surface area contributed by atoms with Crippen molar-refractivity contribution in [3.8, 4) is 0 Å². The van der Waals surface area contributed by atoms with Crippen LogP contribution in [0.15, 0.2) is 36.5 Å². The number of fused-ring (bicyclic) bond motifs is 2. The Morgan fingerprint density at radius 3 is 2.95 bits per heavy atom. The zero-order chi connectivity index (χ0) is 14.2. The highest BCUT2D eigenvalue weighted by Crippen LogP contribution is 2.38. The van der Waals surface area contributed by atoms with Gasteiger partial charge in [0.05, 0.1) is 5.69 Å². The first-order valence-electron chi connectivity index (χ1n) is 8.10. The molecule has 0 fully saturated rings. The Morgan fingerprint density at radius 2 is 2.05 bits per heavy atom. The van der Waals surface area contributed by atoms with Crippen molar-refractivity contribution in [2.45, 2.75) is 44.1 Å². The second-order valence-electron chi connectivity index (χ2n) is 6.33. The summed E-state index contributed by atoms with van der Waals surface area (Å²) in [5, 5.41) is 3.42. The van der Waals surface area contributed by atoms with E-state index < -0.39 is 0 Å². The van der Waals surface area contributed by atoms with Crippen molar-refractivity contribution < 1.29 is 0 Å². The molecule has 2 aliphatic rings. The quantitative estimate of drug-likeness (QED) is 0.905. The maximum atomic E-state index is 4.69. The number of nitrogens with one attached hydrogen (secondary N) is 1. The minimum atomic E-state index is 0.494. The van der Waals surface area contributed by atoms with Gasteiger partial charge in [-0.25, -0.2) is 0 Å². The molecule has 2 aliphatic carbocycles. The number of hydrogen-bond donors (Lipinski definition) is 1. The number of benzene rings is 1. The third-order valence-electron chi connectivity index (χ3n) is 5.19. The van der Waals surface area contributed by atoms with E-state index in [0.717, 1.165) is 0 Å². The monoisotopic (exact) mass is 278 g/mol. The molecule has 2 nitrogen and oxygen atoms in total. The number of aromatic nitrogens is 1. The van der Waals surface area contributed by atoms with Gasteiger partial charge < -0.3 is 5.32 Å². The summed E-state index contributed by atoms with van der Waals surface area (Å²) in [5.41, 5.74) is 7.26. The number of hydrogen-bond acceptors (Lipinski definition) is 2. The van der Waals surface area contributed by atoms with E-state index in [1.807, 2.05) is 6.20 Å². The second-order valence-corrected chi connectivity index (χ2v) is 6.33. The Kier molecular flexibility index (Phi) is 3.27. The molecule has 1 aromatic carbocycles. The zero-order valence-corrected chi connectivity index (χ0v) is 12.6. The van der Waals surface area contributed by atoms with Crippen molar-refractivity contribution >= 4 is 0 Å². The molecule has 0 saturated carbocycles. The van der Waals surface area contributed by atoms with Gasteiger partial charge in [0.25, 0.3) is 0 Å². The van der Waals surface area contributed by atoms with Gasteiger partial charge in [-0.2, -0.15) is 0 Å². The molecular formula is C19H22N2. The van der Waals surface area contributed by atoms with Gasteiger partial charge in [-0.05, 0) is 67.5 Å². The molecule has 0 radical (unpaired) electrons. The summed E-state index contributed by atoms with van der Waals surface area (Å²) in [4.78, 5) is 4.69. The Balaban J connectivity index is 1.73. The Labute approximate surface area is 126 Å². The molecule has 21 heavy (non-hydrogen) atoms. The lowest BCUT2D eigenvalue weighted by Crippen LogP contribution is -2.14. The molecule has 1 heterocycles. The van der Waals surface area contributed by atoms with E-state index in [1.54, 1.807) is 0 Å². The Morgan fingerprint density at radius 1 is 1.10 bits per heavy atom. The van der Waals surface area contributed by atoms with Crippen molar-refractivity contribution in [3.05, 3.63) is 64.5 Å². The zero-order valence-electron chi connectivity index (χ0n) is 12.6. The van der Waals surface area contributed by atoms with Gasteiger partial charge in [-0.3, -0.25) is 4.98 Å². The van der Waals surface area contributed by atoms with Crippen molar-refractivity contribution in [2.24, 2.45) is 0 Å². The molecule has 4 rings (SSSR count). The number of pyridine rings is 1. The van der Waals surface area contributed by atoms with Gasteiger partial charge in [-0.15, -0.1) is 0 Å². The standard InChI is InChI=1S/C19H22N2/c1-20-18-10-8-14-12-15(7-9-16(14)18)17-6-2-4-13-5-3-11-21-19(13)17/h3,5,7,9,11-12,17-18,20H,2,4,6,8,10H2,1H3. The molecule has 2 heteroatoms. The average Bonchev–Trinajstić information content (AvgIpc) is 2.96. The maximum Gasteiger partial charge on any atom is 0.0510 e. The van der Waals surface area contributed by atoms with Crippen LogP contribution in [0.4, 0.5) is 0 Å². The fraction of sp³-hybridized carbons (Fsp3) is 0.421. The lowest BCUT2D eigenvalue weighted by molar-refractivity contribution is 0.590. The third kappa shape index (κ3) is 2.18. The summed E-state index contributed by atoms with van der Waals surface area (Å²) >= 11 is 0. The number of nitrogens with zero attached hydrogens (tertiary/aromatic N) is 1. The Hall–Kier alpha value is -1.67. The first-order chi connectivity index (χ1) is 10.4. The molecule has 2 atom stereocenters. The van der Waals surface area contributed by atoms with Crippen LogP contribution in [-0.2, 0) is 12.8 Å². The highest BCUT2D eigenvalue weighted by Gasteiger charge is 2.26. The predicted molar refractivity (Wildman–Crippen MR) is 85.6 cm³/mol. The van der Waals surface area contributed by atoms with Crippen molar-refractivity contribution in [3.63, 3.8) is 0 Å². The average molecular weight is 278 g/mol. The maximum absolute atomic E-state index is 4.69. The summed E-state index contributed by atoms with van der Waals surface area (Å²) in [5.74, 6) is 0.494. The van der Waals surface area contributed by atoms with E-state index in [-0.39, 0.29) is 0 Å². The van der Waals surface area contributed by atoms with E-state index in [0.29, 0.717) is 12.0 Å². The highest BCUT2D eigenvalue weighted by atomic mass is 14.9. The van der Waals surface area contributed by atoms with E-state index in [1.165, 1.54) is 60.1 Å². The molecule has 0 aliphatic heterocycles. The SMILES string of the molecule is CNC1CCc2cc(C3CCCc4cccnc43)ccc21. The summed E-state index contributed by atoms with van der Waals surface area (Å²) in [6.07, 6.45) is 8.08. The van der Waals surface area contributed by atoms with Gasteiger partial charge in [0, 0.05) is 18.2 Å². The van der Waals surface area contributed by atoms with Crippen LogP contribution in [0.3, 0.4) is 0 Å². The molecule has 0 saturated heterocycles. The van der Waals surface area contributed by atoms with E-state index in [4.69, 9.17) is 0 Å². The smallest absolute Gasteiger partial charge is 0.0510 e. The van der Waals surface area contributed by atoms with Gasteiger partial charge in [0.1, 0.15) is 0 Å². The highest BCUT2D eigenvalue weighted by molar-refractivity contribution is 5.43. The molecule has 1 aromatic heterocycles. The summed E-state index contributed by atoms with van der Waals surface area (Å²) in [6, 6.07) is 12.0. The van der Waals surface area contributed by atoms with Gasteiger partial charge in [0.15, 0.2) is 0 Å². The molecule has 1 N–H and O–H groups in total. The van der Waals surface area contributed by atoms with Crippen molar-refractivity contribution in [1.82, 2.24) is 10.3 Å². The molecule has 2 aromatic rings. The normalized spacial score (nSPS) is 23.7. The minimum Gasteiger partial charge on any atom is -0.313 e. The fourth-order valence-corrected chi connectivity index (χ4v) is 4.09. The summed E-state index contributed by atoms with van der Waals surface area (Å²) < 4.78 is 0.